The van der Waals surface area contributed by atoms with E-state index in [1.807, 2.05) is 11.8 Å². The van der Waals surface area contributed by atoms with Crippen LogP contribution in [0.3, 0.4) is 0 Å². The Labute approximate surface area is 147 Å². The first kappa shape index (κ1) is 17.8. The van der Waals surface area contributed by atoms with Gasteiger partial charge in [-0.15, -0.1) is 0 Å². The van der Waals surface area contributed by atoms with E-state index in [4.69, 9.17) is 5.11 Å². The largest absolute Gasteiger partial charge is 0.480 e. The fraction of sp³-hybridized carbons (Fsp3) is 0.438. The number of hydrogen-bond donors (Lipinski definition) is 4. The van der Waals surface area contributed by atoms with E-state index in [0.29, 0.717) is 19.4 Å². The molecule has 1 aliphatic carbocycles. The van der Waals surface area contributed by atoms with Crippen LogP contribution in [0.25, 0.3) is 11.0 Å². The summed E-state index contributed by atoms with van der Waals surface area (Å²) in [4.78, 5) is 56.5. The number of aromatic amines is 2. The molecular formula is C16H19N5O5. The van der Waals surface area contributed by atoms with Gasteiger partial charge in [0.2, 0.25) is 0 Å². The number of hydrogen-bond acceptors (Lipinski definition) is 6. The Bertz CT molecular complexity index is 959. The van der Waals surface area contributed by atoms with Crippen molar-refractivity contribution in [3.05, 3.63) is 38.7 Å². The van der Waals surface area contributed by atoms with E-state index in [9.17, 15) is 19.2 Å². The van der Waals surface area contributed by atoms with Crippen molar-refractivity contribution in [2.24, 2.45) is 0 Å². The van der Waals surface area contributed by atoms with Gasteiger partial charge >= 0.3 is 11.7 Å². The van der Waals surface area contributed by atoms with E-state index in [1.165, 1.54) is 12.3 Å². The highest BCUT2D eigenvalue weighted by molar-refractivity contribution is 5.96. The first-order chi connectivity index (χ1) is 12.4. The summed E-state index contributed by atoms with van der Waals surface area (Å²) in [6.45, 7) is 2.52. The van der Waals surface area contributed by atoms with Crippen LogP contribution in [0.4, 0.5) is 0 Å². The lowest BCUT2D eigenvalue weighted by molar-refractivity contribution is -0.139. The molecule has 2 aromatic rings. The summed E-state index contributed by atoms with van der Waals surface area (Å²) in [5, 5.41) is 11.9. The van der Waals surface area contributed by atoms with Crippen molar-refractivity contribution in [3.8, 4) is 0 Å². The maximum atomic E-state index is 12.4. The Kier molecular flexibility index (Phi) is 4.85. The van der Waals surface area contributed by atoms with E-state index >= 15 is 0 Å². The lowest BCUT2D eigenvalue weighted by Crippen LogP contribution is -2.54. The molecule has 26 heavy (non-hydrogen) atoms. The normalized spacial score (nSPS) is 19.3. The Morgan fingerprint density at radius 3 is 2.73 bits per heavy atom. The number of carbonyl (C=O) groups is 2. The molecule has 0 spiro atoms. The van der Waals surface area contributed by atoms with Crippen LogP contribution in [0, 0.1) is 0 Å². The topological polar surface area (TPSA) is 148 Å². The summed E-state index contributed by atoms with van der Waals surface area (Å²) in [6.07, 6.45) is 2.63. The van der Waals surface area contributed by atoms with Crippen molar-refractivity contribution in [2.75, 3.05) is 13.1 Å². The number of carboxylic acid groups (broad SMARTS) is 1. The van der Waals surface area contributed by atoms with Gasteiger partial charge in [-0.1, -0.05) is 6.92 Å². The van der Waals surface area contributed by atoms with Crippen LogP contribution in [0.2, 0.25) is 0 Å². The lowest BCUT2D eigenvalue weighted by atomic mass is 9.85. The molecule has 1 aliphatic rings. The second kappa shape index (κ2) is 7.08. The zero-order valence-electron chi connectivity index (χ0n) is 14.1. The number of rotatable bonds is 6. The summed E-state index contributed by atoms with van der Waals surface area (Å²) in [7, 11) is 0. The maximum Gasteiger partial charge on any atom is 0.327 e. The smallest absolute Gasteiger partial charge is 0.327 e. The third kappa shape index (κ3) is 3.64. The average molecular weight is 361 g/mol. The third-order valence-corrected chi connectivity index (χ3v) is 4.56. The molecule has 10 nitrogen and oxygen atoms in total. The lowest BCUT2D eigenvalue weighted by Gasteiger charge is -2.42. The summed E-state index contributed by atoms with van der Waals surface area (Å²) in [6, 6.07) is 1.45. The molecule has 1 amide bonds. The molecule has 4 N–H and O–H groups in total. The fourth-order valence-corrected chi connectivity index (χ4v) is 3.12. The molecule has 2 heterocycles. The second-order valence-electron chi connectivity index (χ2n) is 6.28. The Hall–Kier alpha value is -3.01. The van der Waals surface area contributed by atoms with Crippen molar-refractivity contribution < 1.29 is 14.7 Å². The molecule has 0 aliphatic heterocycles. The number of amides is 1. The van der Waals surface area contributed by atoms with Crippen LogP contribution < -0.4 is 16.6 Å². The minimum Gasteiger partial charge on any atom is -0.480 e. The zero-order chi connectivity index (χ0) is 18.8. The minimum atomic E-state index is -0.871. The number of aromatic nitrogens is 3. The third-order valence-electron chi connectivity index (χ3n) is 4.56. The van der Waals surface area contributed by atoms with Crippen molar-refractivity contribution in [2.45, 2.75) is 31.8 Å². The second-order valence-corrected chi connectivity index (χ2v) is 6.28. The van der Waals surface area contributed by atoms with Gasteiger partial charge in [-0.3, -0.25) is 29.3 Å². The Morgan fingerprint density at radius 1 is 1.35 bits per heavy atom. The number of carbonyl (C=O) groups excluding carboxylic acids is 1. The molecule has 0 aromatic carbocycles. The fourth-order valence-electron chi connectivity index (χ4n) is 3.12. The van der Waals surface area contributed by atoms with Gasteiger partial charge in [-0.2, -0.15) is 0 Å². The number of likely N-dealkylation sites (N-methyl/N-ethyl adjacent to an activating group) is 1. The van der Waals surface area contributed by atoms with Crippen LogP contribution >= 0.6 is 0 Å². The number of fused-ring (bicyclic) bond motifs is 1. The van der Waals surface area contributed by atoms with Gasteiger partial charge in [0.15, 0.2) is 0 Å². The van der Waals surface area contributed by atoms with E-state index in [1.54, 1.807) is 0 Å². The molecule has 3 rings (SSSR count). The van der Waals surface area contributed by atoms with Crippen molar-refractivity contribution >= 4 is 22.9 Å². The van der Waals surface area contributed by atoms with Gasteiger partial charge in [-0.05, 0) is 25.5 Å². The summed E-state index contributed by atoms with van der Waals surface area (Å²) >= 11 is 0. The zero-order valence-corrected chi connectivity index (χ0v) is 14.1. The number of carboxylic acids is 1. The molecule has 0 saturated heterocycles. The van der Waals surface area contributed by atoms with Crippen molar-refractivity contribution in [1.29, 1.82) is 0 Å². The number of pyridine rings is 1. The molecule has 2 aromatic heterocycles. The Balaban J connectivity index is 1.65. The molecule has 1 saturated carbocycles. The molecule has 10 heteroatoms. The Morgan fingerprint density at radius 2 is 2.08 bits per heavy atom. The van der Waals surface area contributed by atoms with Gasteiger partial charge in [-0.25, -0.2) is 9.78 Å². The van der Waals surface area contributed by atoms with Crippen LogP contribution in [-0.4, -0.2) is 62.0 Å². The average Bonchev–Trinajstić information content (AvgIpc) is 2.55. The summed E-state index contributed by atoms with van der Waals surface area (Å²) in [5.74, 6) is -1.24. The van der Waals surface area contributed by atoms with E-state index in [2.05, 4.69) is 20.3 Å². The van der Waals surface area contributed by atoms with Gasteiger partial charge in [0.05, 0.1) is 17.5 Å². The molecule has 0 radical (unpaired) electrons. The molecule has 1 fully saturated rings. The summed E-state index contributed by atoms with van der Waals surface area (Å²) < 4.78 is 0. The molecule has 0 atom stereocenters. The minimum absolute atomic E-state index is 0.0165. The first-order valence-corrected chi connectivity index (χ1v) is 8.26. The quantitative estimate of drug-likeness (QED) is 0.530. The monoisotopic (exact) mass is 361 g/mol. The van der Waals surface area contributed by atoms with E-state index < -0.39 is 17.2 Å². The number of H-pyrrole nitrogens is 2. The van der Waals surface area contributed by atoms with Gasteiger partial charge in [0.1, 0.15) is 5.65 Å². The van der Waals surface area contributed by atoms with Crippen molar-refractivity contribution in [1.82, 2.24) is 25.2 Å². The highest BCUT2D eigenvalue weighted by atomic mass is 16.4. The van der Waals surface area contributed by atoms with Crippen LogP contribution in [0.15, 0.2) is 21.9 Å². The van der Waals surface area contributed by atoms with E-state index in [-0.39, 0.29) is 41.1 Å². The van der Waals surface area contributed by atoms with Crippen LogP contribution in [0.1, 0.15) is 30.1 Å². The van der Waals surface area contributed by atoms with Gasteiger partial charge < -0.3 is 10.4 Å². The highest BCUT2D eigenvalue weighted by Crippen LogP contribution is 2.25. The highest BCUT2D eigenvalue weighted by Gasteiger charge is 2.34. The van der Waals surface area contributed by atoms with E-state index in [0.717, 1.165) is 0 Å². The van der Waals surface area contributed by atoms with Crippen LogP contribution in [0.5, 0.6) is 0 Å². The maximum absolute atomic E-state index is 12.4. The predicted octanol–water partition coefficient (Wildman–Crippen LogP) is -0.721. The van der Waals surface area contributed by atoms with Gasteiger partial charge in [0.25, 0.3) is 11.5 Å². The number of aliphatic carboxylic acids is 1. The van der Waals surface area contributed by atoms with Gasteiger partial charge in [0, 0.05) is 18.3 Å². The molecule has 138 valence electrons. The molecular weight excluding hydrogens is 342 g/mol. The first-order valence-electron chi connectivity index (χ1n) is 8.26. The summed E-state index contributed by atoms with van der Waals surface area (Å²) in [5.41, 5.74) is -0.931. The number of nitrogens with one attached hydrogen (secondary N) is 3. The van der Waals surface area contributed by atoms with Crippen LogP contribution in [-0.2, 0) is 4.79 Å². The van der Waals surface area contributed by atoms with Crippen molar-refractivity contribution in [3.63, 3.8) is 0 Å². The molecule has 0 bridgehead atoms. The SMILES string of the molecule is CCN(CC(=O)O)C1CC(NC(=O)c2cnc3[nH]c(=O)[nH]c(=O)c3c2)C1. The predicted molar refractivity (Wildman–Crippen MR) is 92.1 cm³/mol. The standard InChI is InChI=1S/C16H19N5O5/c1-2-21(7-12(22)23)10-4-9(5-10)18-14(24)8-3-11-13(17-6-8)19-16(26)20-15(11)25/h3,6,9-10H,2,4-5,7H2,1H3,(H,18,24)(H,22,23)(H2,17,19,20,25,26). The number of nitrogens with zero attached hydrogens (tertiary/aromatic N) is 2. The molecule has 0 unspecified atom stereocenters.